The quantitative estimate of drug-likeness (QED) is 0.794. The molecule has 2 aromatic carbocycles. The predicted molar refractivity (Wildman–Crippen MR) is 92.2 cm³/mol. The summed E-state index contributed by atoms with van der Waals surface area (Å²) in [5.74, 6) is 0.776. The number of nitrogens with zero attached hydrogens (tertiary/aromatic N) is 1. The van der Waals surface area contributed by atoms with Crippen LogP contribution >= 0.6 is 0 Å². The molecule has 0 radical (unpaired) electrons. The van der Waals surface area contributed by atoms with E-state index >= 15 is 0 Å². The minimum atomic E-state index is -0.295. The number of allylic oxidation sites excluding steroid dienone is 1. The number of hydrogen-bond acceptors (Lipinski definition) is 4. The molecule has 0 heterocycles. The normalized spacial score (nSPS) is 9.67. The minimum Gasteiger partial charge on any atom is -0.493 e. The minimum absolute atomic E-state index is 0.142. The second kappa shape index (κ2) is 8.39. The van der Waals surface area contributed by atoms with Gasteiger partial charge in [0.25, 0.3) is 5.91 Å². The highest BCUT2D eigenvalue weighted by Crippen LogP contribution is 2.28. The van der Waals surface area contributed by atoms with Gasteiger partial charge in [-0.3, -0.25) is 4.79 Å². The van der Waals surface area contributed by atoms with Gasteiger partial charge in [-0.15, -0.1) is 6.58 Å². The molecule has 1 N–H and O–H groups in total. The first kappa shape index (κ1) is 17.1. The molecule has 0 spiro atoms. The van der Waals surface area contributed by atoms with Crippen LogP contribution in [0.15, 0.2) is 55.1 Å². The van der Waals surface area contributed by atoms with Crippen LogP contribution in [0.25, 0.3) is 0 Å². The van der Waals surface area contributed by atoms with Crippen LogP contribution in [-0.4, -0.2) is 19.6 Å². The molecule has 5 nitrogen and oxygen atoms in total. The van der Waals surface area contributed by atoms with Crippen molar-refractivity contribution in [1.82, 2.24) is 0 Å². The van der Waals surface area contributed by atoms with Crippen molar-refractivity contribution < 1.29 is 14.3 Å². The molecule has 5 heteroatoms. The number of nitriles is 1. The first-order valence-corrected chi connectivity index (χ1v) is 7.37. The largest absolute Gasteiger partial charge is 0.493 e. The van der Waals surface area contributed by atoms with Gasteiger partial charge in [-0.2, -0.15) is 5.26 Å². The zero-order chi connectivity index (χ0) is 17.4. The summed E-state index contributed by atoms with van der Waals surface area (Å²) < 4.78 is 10.8. The van der Waals surface area contributed by atoms with Crippen LogP contribution in [0.1, 0.15) is 11.1 Å². The monoisotopic (exact) mass is 322 g/mol. The fourth-order valence-corrected chi connectivity index (χ4v) is 2.09. The lowest BCUT2D eigenvalue weighted by molar-refractivity contribution is -0.118. The Balaban J connectivity index is 1.95. The second-order valence-electron chi connectivity index (χ2n) is 5.00. The van der Waals surface area contributed by atoms with Gasteiger partial charge in [-0.05, 0) is 48.4 Å². The third kappa shape index (κ3) is 4.62. The van der Waals surface area contributed by atoms with E-state index in [1.165, 1.54) is 0 Å². The topological polar surface area (TPSA) is 71.3 Å². The van der Waals surface area contributed by atoms with Crippen LogP contribution < -0.4 is 14.8 Å². The molecule has 1 amide bonds. The number of rotatable bonds is 7. The number of amides is 1. The third-order valence-corrected chi connectivity index (χ3v) is 3.26. The third-order valence-electron chi connectivity index (χ3n) is 3.26. The van der Waals surface area contributed by atoms with E-state index in [0.29, 0.717) is 22.7 Å². The zero-order valence-corrected chi connectivity index (χ0v) is 13.4. The van der Waals surface area contributed by atoms with E-state index in [9.17, 15) is 4.79 Å². The number of carbonyl (C=O) groups is 1. The molecule has 2 aromatic rings. The van der Waals surface area contributed by atoms with Gasteiger partial charge in [0.15, 0.2) is 18.1 Å². The summed E-state index contributed by atoms with van der Waals surface area (Å²) >= 11 is 0. The number of benzene rings is 2. The Morgan fingerprint density at radius 3 is 2.62 bits per heavy atom. The van der Waals surface area contributed by atoms with E-state index in [4.69, 9.17) is 14.7 Å². The Labute approximate surface area is 141 Å². The highest BCUT2D eigenvalue weighted by atomic mass is 16.5. The average Bonchev–Trinajstić information content (AvgIpc) is 2.61. The maximum atomic E-state index is 12.0. The Hall–Kier alpha value is -3.26. The van der Waals surface area contributed by atoms with E-state index in [2.05, 4.69) is 11.9 Å². The Kier molecular flexibility index (Phi) is 5.98. The van der Waals surface area contributed by atoms with Crippen molar-refractivity contribution in [2.24, 2.45) is 0 Å². The summed E-state index contributed by atoms with van der Waals surface area (Å²) in [5.41, 5.74) is 2.20. The summed E-state index contributed by atoms with van der Waals surface area (Å²) in [6.45, 7) is 3.56. The van der Waals surface area contributed by atoms with Crippen LogP contribution in [0, 0.1) is 11.3 Å². The molecular weight excluding hydrogens is 304 g/mol. The van der Waals surface area contributed by atoms with E-state index in [-0.39, 0.29) is 12.5 Å². The highest BCUT2D eigenvalue weighted by molar-refractivity contribution is 5.91. The summed E-state index contributed by atoms with van der Waals surface area (Å²) in [4.78, 5) is 12.0. The Morgan fingerprint density at radius 2 is 2.00 bits per heavy atom. The molecule has 122 valence electrons. The second-order valence-corrected chi connectivity index (χ2v) is 5.00. The number of nitrogens with one attached hydrogen (secondary N) is 1. The van der Waals surface area contributed by atoms with Crippen molar-refractivity contribution >= 4 is 11.6 Å². The van der Waals surface area contributed by atoms with Crippen LogP contribution in [0.5, 0.6) is 11.5 Å². The van der Waals surface area contributed by atoms with Crippen molar-refractivity contribution in [2.75, 3.05) is 19.0 Å². The number of hydrogen-bond donors (Lipinski definition) is 1. The number of carbonyl (C=O) groups excluding carboxylic acids is 1. The van der Waals surface area contributed by atoms with Gasteiger partial charge in [0.05, 0.1) is 18.7 Å². The lowest BCUT2D eigenvalue weighted by Gasteiger charge is -2.12. The zero-order valence-electron chi connectivity index (χ0n) is 13.4. The lowest BCUT2D eigenvalue weighted by atomic mass is 10.1. The summed E-state index contributed by atoms with van der Waals surface area (Å²) in [7, 11) is 1.55. The first-order chi connectivity index (χ1) is 11.7. The van der Waals surface area contributed by atoms with Crippen molar-refractivity contribution in [3.63, 3.8) is 0 Å². The molecule has 0 aliphatic rings. The molecule has 0 aliphatic heterocycles. The molecule has 0 aromatic heterocycles. The molecule has 2 rings (SSSR count). The molecule has 0 saturated heterocycles. The van der Waals surface area contributed by atoms with Crippen LogP contribution in [0.4, 0.5) is 5.69 Å². The summed E-state index contributed by atoms with van der Waals surface area (Å²) in [6.07, 6.45) is 2.54. The van der Waals surface area contributed by atoms with Gasteiger partial charge in [0, 0.05) is 5.69 Å². The maximum absolute atomic E-state index is 12.0. The van der Waals surface area contributed by atoms with Gasteiger partial charge < -0.3 is 14.8 Å². The average molecular weight is 322 g/mol. The Bertz CT molecular complexity index is 761. The molecule has 0 aliphatic carbocycles. The molecule has 0 unspecified atom stereocenters. The highest BCUT2D eigenvalue weighted by Gasteiger charge is 2.09. The summed E-state index contributed by atoms with van der Waals surface area (Å²) in [6, 6.07) is 14.2. The van der Waals surface area contributed by atoms with E-state index in [1.54, 1.807) is 43.5 Å². The molecule has 0 bridgehead atoms. The van der Waals surface area contributed by atoms with Gasteiger partial charge in [-0.1, -0.05) is 12.1 Å². The fraction of sp³-hybridized carbons (Fsp3) is 0.158. The van der Waals surface area contributed by atoms with Crippen LogP contribution in [0.3, 0.4) is 0 Å². The standard InChI is InChI=1S/C19H18N2O3/c1-3-4-14-7-10-17(18(11-14)23-2)24-13-19(22)21-16-8-5-15(12-20)6-9-16/h3,5-11H,1,4,13H2,2H3,(H,21,22). The van der Waals surface area contributed by atoms with Gasteiger partial charge in [0.1, 0.15) is 0 Å². The number of ether oxygens (including phenoxy) is 2. The number of anilines is 1. The lowest BCUT2D eigenvalue weighted by Crippen LogP contribution is -2.20. The Morgan fingerprint density at radius 1 is 1.25 bits per heavy atom. The van der Waals surface area contributed by atoms with Crippen molar-refractivity contribution in [1.29, 1.82) is 5.26 Å². The van der Waals surface area contributed by atoms with Crippen molar-refractivity contribution in [3.8, 4) is 17.6 Å². The molecular formula is C19H18N2O3. The molecule has 0 saturated carbocycles. The number of methoxy groups -OCH3 is 1. The van der Waals surface area contributed by atoms with Gasteiger partial charge in [-0.25, -0.2) is 0 Å². The van der Waals surface area contributed by atoms with E-state index in [1.807, 2.05) is 18.2 Å². The first-order valence-electron chi connectivity index (χ1n) is 7.37. The van der Waals surface area contributed by atoms with Crippen LogP contribution in [-0.2, 0) is 11.2 Å². The van der Waals surface area contributed by atoms with E-state index < -0.39 is 0 Å². The van der Waals surface area contributed by atoms with Gasteiger partial charge >= 0.3 is 0 Å². The van der Waals surface area contributed by atoms with Gasteiger partial charge in [0.2, 0.25) is 0 Å². The van der Waals surface area contributed by atoms with Crippen molar-refractivity contribution in [3.05, 3.63) is 66.2 Å². The fourth-order valence-electron chi connectivity index (χ4n) is 2.09. The van der Waals surface area contributed by atoms with Crippen molar-refractivity contribution in [2.45, 2.75) is 6.42 Å². The SMILES string of the molecule is C=CCc1ccc(OCC(=O)Nc2ccc(C#N)cc2)c(OC)c1. The maximum Gasteiger partial charge on any atom is 0.262 e. The molecule has 0 fully saturated rings. The molecule has 0 atom stereocenters. The summed E-state index contributed by atoms with van der Waals surface area (Å²) in [5, 5.41) is 11.5. The predicted octanol–water partition coefficient (Wildman–Crippen LogP) is 3.31. The molecule has 24 heavy (non-hydrogen) atoms. The van der Waals surface area contributed by atoms with Crippen LogP contribution in [0.2, 0.25) is 0 Å². The smallest absolute Gasteiger partial charge is 0.262 e. The van der Waals surface area contributed by atoms with E-state index in [0.717, 1.165) is 12.0 Å².